The number of hydrogen-bond donors (Lipinski definition) is 0. The van der Waals surface area contributed by atoms with Gasteiger partial charge in [-0.25, -0.2) is 0 Å². The second-order valence-electron chi connectivity index (χ2n) is 9.24. The van der Waals surface area contributed by atoms with E-state index in [0.717, 1.165) is 26.1 Å². The maximum Gasteiger partial charge on any atom is 0.305 e. The molecule has 0 unspecified atom stereocenters. The summed E-state index contributed by atoms with van der Waals surface area (Å²) in [6.07, 6.45) is 28.0. The van der Waals surface area contributed by atoms with Gasteiger partial charge in [-0.2, -0.15) is 0 Å². The zero-order valence-corrected chi connectivity index (χ0v) is 21.4. The zero-order valence-electron chi connectivity index (χ0n) is 21.4. The first-order chi connectivity index (χ1) is 15.3. The average molecular weight is 441 g/mol. The molecule has 0 amide bonds. The van der Waals surface area contributed by atoms with Gasteiger partial charge in [-0.05, 0) is 26.2 Å². The molecule has 0 spiro atoms. The summed E-state index contributed by atoms with van der Waals surface area (Å²) in [5.41, 5.74) is 0. The van der Waals surface area contributed by atoms with E-state index in [1.165, 1.54) is 122 Å². The molecule has 0 fully saturated rings. The lowest BCUT2D eigenvalue weighted by atomic mass is 10.0. The van der Waals surface area contributed by atoms with Crippen LogP contribution in [0, 0.1) is 0 Å². The lowest BCUT2D eigenvalue weighted by molar-refractivity contribution is -0.143. The number of carbonyl (C=O) groups is 1. The molecule has 0 N–H and O–H groups in total. The van der Waals surface area contributed by atoms with Gasteiger partial charge in [0.1, 0.15) is 0 Å². The standard InChI is InChI=1S/C28H56O3/c1-3-5-6-7-21-24-27-31-28(29)25-22-19-17-15-13-11-9-8-10-12-14-16-18-20-23-26-30-4-2/h3-27H2,1-2H3. The first-order valence-corrected chi connectivity index (χ1v) is 14.0. The summed E-state index contributed by atoms with van der Waals surface area (Å²) < 4.78 is 10.7. The van der Waals surface area contributed by atoms with Crippen LogP contribution in [0.3, 0.4) is 0 Å². The number of esters is 1. The average Bonchev–Trinajstić information content (AvgIpc) is 2.77. The zero-order chi connectivity index (χ0) is 22.7. The number of ether oxygens (including phenoxy) is 2. The fraction of sp³-hybridized carbons (Fsp3) is 0.964. The van der Waals surface area contributed by atoms with E-state index in [2.05, 4.69) is 13.8 Å². The summed E-state index contributed by atoms with van der Waals surface area (Å²) in [6, 6.07) is 0. The number of hydrogen-bond acceptors (Lipinski definition) is 3. The first-order valence-electron chi connectivity index (χ1n) is 14.0. The Hall–Kier alpha value is -0.570. The van der Waals surface area contributed by atoms with E-state index in [-0.39, 0.29) is 5.97 Å². The predicted molar refractivity (Wildman–Crippen MR) is 135 cm³/mol. The molecular formula is C28H56O3. The molecule has 0 aliphatic heterocycles. The van der Waals surface area contributed by atoms with E-state index in [1.54, 1.807) is 0 Å². The quantitative estimate of drug-likeness (QED) is 0.0993. The van der Waals surface area contributed by atoms with Crippen LogP contribution >= 0.6 is 0 Å². The van der Waals surface area contributed by atoms with Crippen molar-refractivity contribution in [2.45, 2.75) is 155 Å². The van der Waals surface area contributed by atoms with Crippen LogP contribution < -0.4 is 0 Å². The van der Waals surface area contributed by atoms with Crippen molar-refractivity contribution in [2.24, 2.45) is 0 Å². The van der Waals surface area contributed by atoms with Crippen LogP contribution in [0.2, 0.25) is 0 Å². The van der Waals surface area contributed by atoms with Crippen molar-refractivity contribution < 1.29 is 14.3 Å². The molecule has 0 rings (SSSR count). The van der Waals surface area contributed by atoms with E-state index in [1.807, 2.05) is 0 Å². The van der Waals surface area contributed by atoms with E-state index >= 15 is 0 Å². The maximum atomic E-state index is 11.7. The van der Waals surface area contributed by atoms with Crippen molar-refractivity contribution in [1.82, 2.24) is 0 Å². The summed E-state index contributed by atoms with van der Waals surface area (Å²) in [4.78, 5) is 11.7. The van der Waals surface area contributed by atoms with Gasteiger partial charge in [0.05, 0.1) is 6.61 Å². The summed E-state index contributed by atoms with van der Waals surface area (Å²) in [6.45, 7) is 6.73. The molecule has 0 aromatic carbocycles. The Labute approximate surface area is 195 Å². The molecule has 0 radical (unpaired) electrons. The second-order valence-corrected chi connectivity index (χ2v) is 9.24. The lowest BCUT2D eigenvalue weighted by Crippen LogP contribution is -2.05. The van der Waals surface area contributed by atoms with Crippen LogP contribution in [0.5, 0.6) is 0 Å². The molecule has 0 aromatic heterocycles. The highest BCUT2D eigenvalue weighted by atomic mass is 16.5. The topological polar surface area (TPSA) is 35.5 Å². The van der Waals surface area contributed by atoms with Gasteiger partial charge < -0.3 is 9.47 Å². The molecular weight excluding hydrogens is 384 g/mol. The molecule has 0 atom stereocenters. The van der Waals surface area contributed by atoms with Crippen LogP contribution in [-0.2, 0) is 14.3 Å². The minimum Gasteiger partial charge on any atom is -0.466 e. The molecule has 3 heteroatoms. The summed E-state index contributed by atoms with van der Waals surface area (Å²) in [5.74, 6) is 0.0130. The Morgan fingerprint density at radius 1 is 0.484 bits per heavy atom. The Kier molecular flexibility index (Phi) is 27.0. The fourth-order valence-corrected chi connectivity index (χ4v) is 4.06. The van der Waals surface area contributed by atoms with Gasteiger partial charge in [0, 0.05) is 19.6 Å². The molecule has 3 nitrogen and oxygen atoms in total. The van der Waals surface area contributed by atoms with Crippen molar-refractivity contribution >= 4 is 5.97 Å². The third-order valence-corrected chi connectivity index (χ3v) is 6.13. The fourth-order valence-electron chi connectivity index (χ4n) is 4.06. The van der Waals surface area contributed by atoms with E-state index < -0.39 is 0 Å². The Morgan fingerprint density at radius 2 is 0.871 bits per heavy atom. The normalized spacial score (nSPS) is 11.2. The highest BCUT2D eigenvalue weighted by Crippen LogP contribution is 2.14. The first kappa shape index (κ1) is 30.4. The van der Waals surface area contributed by atoms with Crippen LogP contribution in [0.4, 0.5) is 0 Å². The maximum absolute atomic E-state index is 11.7. The molecule has 186 valence electrons. The van der Waals surface area contributed by atoms with Crippen LogP contribution in [0.1, 0.15) is 155 Å². The van der Waals surface area contributed by atoms with Crippen LogP contribution in [0.25, 0.3) is 0 Å². The largest absolute Gasteiger partial charge is 0.466 e. The molecule has 0 aliphatic carbocycles. The van der Waals surface area contributed by atoms with E-state index in [0.29, 0.717) is 13.0 Å². The Balaban J connectivity index is 3.11. The molecule has 0 heterocycles. The van der Waals surface area contributed by atoms with Gasteiger partial charge >= 0.3 is 5.97 Å². The molecule has 0 bridgehead atoms. The van der Waals surface area contributed by atoms with Crippen molar-refractivity contribution in [1.29, 1.82) is 0 Å². The third kappa shape index (κ3) is 27.4. The highest BCUT2D eigenvalue weighted by Gasteiger charge is 2.02. The minimum atomic E-state index is 0.0130. The summed E-state index contributed by atoms with van der Waals surface area (Å²) in [5, 5.41) is 0. The Bertz CT molecular complexity index is 343. The molecule has 0 saturated carbocycles. The smallest absolute Gasteiger partial charge is 0.305 e. The van der Waals surface area contributed by atoms with Crippen molar-refractivity contribution in [3.8, 4) is 0 Å². The van der Waals surface area contributed by atoms with E-state index in [4.69, 9.17) is 9.47 Å². The Morgan fingerprint density at radius 3 is 1.32 bits per heavy atom. The molecule has 0 aliphatic rings. The van der Waals surface area contributed by atoms with Crippen molar-refractivity contribution in [2.75, 3.05) is 19.8 Å². The molecule has 0 aromatic rings. The SMILES string of the molecule is CCCCCCCCOC(=O)CCCCCCCCCCCCCCCCCOCC. The highest BCUT2D eigenvalue weighted by molar-refractivity contribution is 5.69. The molecule has 31 heavy (non-hydrogen) atoms. The predicted octanol–water partition coefficient (Wildman–Crippen LogP) is 9.17. The monoisotopic (exact) mass is 440 g/mol. The van der Waals surface area contributed by atoms with Gasteiger partial charge in [0.25, 0.3) is 0 Å². The number of rotatable bonds is 26. The van der Waals surface area contributed by atoms with Crippen molar-refractivity contribution in [3.05, 3.63) is 0 Å². The number of carbonyl (C=O) groups excluding carboxylic acids is 1. The van der Waals surface area contributed by atoms with Gasteiger partial charge in [-0.1, -0.05) is 122 Å². The van der Waals surface area contributed by atoms with Crippen molar-refractivity contribution in [3.63, 3.8) is 0 Å². The lowest BCUT2D eigenvalue weighted by Gasteiger charge is -2.05. The van der Waals surface area contributed by atoms with Gasteiger partial charge in [-0.15, -0.1) is 0 Å². The van der Waals surface area contributed by atoms with Crippen LogP contribution in [-0.4, -0.2) is 25.8 Å². The van der Waals surface area contributed by atoms with Gasteiger partial charge in [-0.3, -0.25) is 4.79 Å². The summed E-state index contributed by atoms with van der Waals surface area (Å²) in [7, 11) is 0. The minimum absolute atomic E-state index is 0.0130. The number of unbranched alkanes of at least 4 members (excludes halogenated alkanes) is 19. The van der Waals surface area contributed by atoms with E-state index in [9.17, 15) is 4.79 Å². The summed E-state index contributed by atoms with van der Waals surface area (Å²) >= 11 is 0. The van der Waals surface area contributed by atoms with Crippen LogP contribution in [0.15, 0.2) is 0 Å². The third-order valence-electron chi connectivity index (χ3n) is 6.13. The van der Waals surface area contributed by atoms with Gasteiger partial charge in [0.2, 0.25) is 0 Å². The second kappa shape index (κ2) is 27.5. The van der Waals surface area contributed by atoms with Gasteiger partial charge in [0.15, 0.2) is 0 Å². The molecule has 0 saturated heterocycles.